The summed E-state index contributed by atoms with van der Waals surface area (Å²) in [6, 6.07) is 18.8. The Hall–Kier alpha value is -4.33. The number of rotatable bonds is 7. The highest BCUT2D eigenvalue weighted by molar-refractivity contribution is 5.97. The van der Waals surface area contributed by atoms with Gasteiger partial charge in [0.05, 0.1) is 11.0 Å². The van der Waals surface area contributed by atoms with Crippen LogP contribution >= 0.6 is 0 Å². The molecule has 0 aliphatic heterocycles. The van der Waals surface area contributed by atoms with Crippen molar-refractivity contribution in [2.24, 2.45) is 0 Å². The maximum Gasteiger partial charge on any atom is 0.252 e. The van der Waals surface area contributed by atoms with Crippen molar-refractivity contribution in [2.75, 3.05) is 0 Å². The zero-order valence-electron chi connectivity index (χ0n) is 17.1. The standard InChI is InChI=1S/C24H20N6O2/c31-23(29-20(24-30-26-15-32-24)8-6-16-4-2-1-3-5-16)18-7-9-19-21(14-18)28-22(27-19)17-10-12-25-13-11-17/h1-5,7,9-15,20H,6,8H2,(H,27,28)(H,29,31)/t20-/m0/s1. The molecule has 0 spiro atoms. The number of aromatic nitrogens is 5. The number of aromatic amines is 1. The van der Waals surface area contributed by atoms with E-state index in [0.29, 0.717) is 17.9 Å². The molecule has 5 aromatic rings. The molecule has 0 radical (unpaired) electrons. The summed E-state index contributed by atoms with van der Waals surface area (Å²) >= 11 is 0. The molecule has 32 heavy (non-hydrogen) atoms. The van der Waals surface area contributed by atoms with Gasteiger partial charge in [-0.2, -0.15) is 0 Å². The average Bonchev–Trinajstić information content (AvgIpc) is 3.52. The van der Waals surface area contributed by atoms with Crippen molar-refractivity contribution in [1.82, 2.24) is 30.5 Å². The quantitative estimate of drug-likeness (QED) is 0.407. The maximum atomic E-state index is 13.0. The molecule has 0 bridgehead atoms. The Bertz CT molecular complexity index is 1320. The van der Waals surface area contributed by atoms with Crippen LogP contribution in [0.5, 0.6) is 0 Å². The fourth-order valence-electron chi connectivity index (χ4n) is 3.59. The second kappa shape index (κ2) is 8.81. The number of pyridine rings is 1. The third kappa shape index (κ3) is 4.24. The van der Waals surface area contributed by atoms with Gasteiger partial charge in [-0.25, -0.2) is 4.98 Å². The summed E-state index contributed by atoms with van der Waals surface area (Å²) in [5.41, 5.74) is 4.19. The van der Waals surface area contributed by atoms with Gasteiger partial charge in [0.15, 0.2) is 0 Å². The normalized spacial score (nSPS) is 12.0. The van der Waals surface area contributed by atoms with E-state index in [4.69, 9.17) is 4.42 Å². The van der Waals surface area contributed by atoms with Crippen molar-refractivity contribution in [3.05, 3.63) is 96.5 Å². The lowest BCUT2D eigenvalue weighted by Crippen LogP contribution is -2.29. The summed E-state index contributed by atoms with van der Waals surface area (Å²) < 4.78 is 5.39. The largest absolute Gasteiger partial charge is 0.426 e. The first-order valence-corrected chi connectivity index (χ1v) is 10.3. The van der Waals surface area contributed by atoms with Crippen LogP contribution < -0.4 is 5.32 Å². The number of aryl methyl sites for hydroxylation is 1. The Balaban J connectivity index is 1.35. The average molecular weight is 424 g/mol. The molecule has 3 heterocycles. The first kappa shape index (κ1) is 19.6. The molecule has 8 heteroatoms. The van der Waals surface area contributed by atoms with Crippen LogP contribution in [0, 0.1) is 0 Å². The third-order valence-electron chi connectivity index (χ3n) is 5.24. The summed E-state index contributed by atoms with van der Waals surface area (Å²) in [6.07, 6.45) is 6.11. The topological polar surface area (TPSA) is 110 Å². The van der Waals surface area contributed by atoms with Gasteiger partial charge in [0.25, 0.3) is 5.91 Å². The number of nitrogens with zero attached hydrogens (tertiary/aromatic N) is 4. The number of hydrogen-bond acceptors (Lipinski definition) is 6. The lowest BCUT2D eigenvalue weighted by molar-refractivity contribution is 0.0928. The Morgan fingerprint density at radius 3 is 2.69 bits per heavy atom. The Morgan fingerprint density at radius 1 is 1.06 bits per heavy atom. The molecule has 1 atom stereocenters. The second-order valence-electron chi connectivity index (χ2n) is 7.38. The number of imidazole rings is 1. The van der Waals surface area contributed by atoms with Crippen LogP contribution in [0.4, 0.5) is 0 Å². The fraction of sp³-hybridized carbons (Fsp3) is 0.125. The zero-order valence-corrected chi connectivity index (χ0v) is 17.1. The van der Waals surface area contributed by atoms with Gasteiger partial charge in [-0.15, -0.1) is 10.2 Å². The van der Waals surface area contributed by atoms with Gasteiger partial charge < -0.3 is 14.7 Å². The fourth-order valence-corrected chi connectivity index (χ4v) is 3.59. The minimum atomic E-state index is -0.393. The second-order valence-corrected chi connectivity index (χ2v) is 7.38. The number of benzene rings is 2. The highest BCUT2D eigenvalue weighted by atomic mass is 16.4. The number of carbonyl (C=O) groups excluding carboxylic acids is 1. The van der Waals surface area contributed by atoms with E-state index in [1.807, 2.05) is 36.4 Å². The molecule has 158 valence electrons. The number of amides is 1. The zero-order chi connectivity index (χ0) is 21.8. The molecule has 1 amide bonds. The lowest BCUT2D eigenvalue weighted by Gasteiger charge is -2.15. The summed E-state index contributed by atoms with van der Waals surface area (Å²) in [4.78, 5) is 24.9. The lowest BCUT2D eigenvalue weighted by atomic mass is 10.0. The Kier molecular flexibility index (Phi) is 5.40. The number of hydrogen-bond donors (Lipinski definition) is 2. The van der Waals surface area contributed by atoms with Gasteiger partial charge in [-0.05, 0) is 48.7 Å². The molecule has 0 unspecified atom stereocenters. The minimum Gasteiger partial charge on any atom is -0.426 e. The molecule has 8 nitrogen and oxygen atoms in total. The van der Waals surface area contributed by atoms with Gasteiger partial charge in [-0.1, -0.05) is 30.3 Å². The number of H-pyrrole nitrogens is 1. The van der Waals surface area contributed by atoms with E-state index in [1.54, 1.807) is 24.5 Å². The maximum absolute atomic E-state index is 13.0. The minimum absolute atomic E-state index is 0.219. The Morgan fingerprint density at radius 2 is 1.91 bits per heavy atom. The highest BCUT2D eigenvalue weighted by Crippen LogP contribution is 2.22. The molecular weight excluding hydrogens is 404 g/mol. The molecule has 3 aromatic heterocycles. The number of nitrogens with one attached hydrogen (secondary N) is 2. The van der Waals surface area contributed by atoms with Gasteiger partial charge in [0, 0.05) is 23.5 Å². The molecule has 0 saturated carbocycles. The number of carbonyl (C=O) groups is 1. The van der Waals surface area contributed by atoms with Crippen LogP contribution in [0.1, 0.15) is 34.3 Å². The molecule has 0 fully saturated rings. The number of fused-ring (bicyclic) bond motifs is 1. The van der Waals surface area contributed by atoms with Gasteiger partial charge in [-0.3, -0.25) is 9.78 Å². The first-order chi connectivity index (χ1) is 15.8. The monoisotopic (exact) mass is 424 g/mol. The molecule has 2 N–H and O–H groups in total. The van der Waals surface area contributed by atoms with Crippen LogP contribution in [0.2, 0.25) is 0 Å². The smallest absolute Gasteiger partial charge is 0.252 e. The molecule has 0 aliphatic carbocycles. The van der Waals surface area contributed by atoms with E-state index in [2.05, 4.69) is 42.6 Å². The first-order valence-electron chi connectivity index (χ1n) is 10.3. The van der Waals surface area contributed by atoms with Crippen LogP contribution in [0.15, 0.2) is 83.9 Å². The van der Waals surface area contributed by atoms with Crippen LogP contribution in [-0.4, -0.2) is 31.1 Å². The molecule has 0 aliphatic rings. The van der Waals surface area contributed by atoms with Gasteiger partial charge >= 0.3 is 0 Å². The van der Waals surface area contributed by atoms with Crippen molar-refractivity contribution >= 4 is 16.9 Å². The SMILES string of the molecule is O=C(N[C@@H](CCc1ccccc1)c1nnco1)c1ccc2nc(-c3ccncc3)[nH]c2c1. The van der Waals surface area contributed by atoms with Crippen molar-refractivity contribution in [2.45, 2.75) is 18.9 Å². The van der Waals surface area contributed by atoms with Crippen molar-refractivity contribution in [3.8, 4) is 11.4 Å². The molecule has 0 saturated heterocycles. The predicted molar refractivity (Wildman–Crippen MR) is 119 cm³/mol. The summed E-state index contributed by atoms with van der Waals surface area (Å²) in [5, 5.41) is 10.8. The molecule has 5 rings (SSSR count). The summed E-state index contributed by atoms with van der Waals surface area (Å²) in [5.74, 6) is 0.895. The van der Waals surface area contributed by atoms with E-state index in [1.165, 1.54) is 12.0 Å². The van der Waals surface area contributed by atoms with E-state index >= 15 is 0 Å². The van der Waals surface area contributed by atoms with E-state index < -0.39 is 6.04 Å². The molecule has 2 aromatic carbocycles. The van der Waals surface area contributed by atoms with Crippen molar-refractivity contribution in [3.63, 3.8) is 0 Å². The Labute approximate surface area is 183 Å². The van der Waals surface area contributed by atoms with E-state index in [0.717, 1.165) is 28.8 Å². The van der Waals surface area contributed by atoms with E-state index in [-0.39, 0.29) is 5.91 Å². The van der Waals surface area contributed by atoms with Crippen molar-refractivity contribution in [1.29, 1.82) is 0 Å². The summed E-state index contributed by atoms with van der Waals surface area (Å²) in [6.45, 7) is 0. The highest BCUT2D eigenvalue weighted by Gasteiger charge is 2.21. The predicted octanol–water partition coefficient (Wildman–Crippen LogP) is 4.11. The van der Waals surface area contributed by atoms with Crippen molar-refractivity contribution < 1.29 is 9.21 Å². The molecular formula is C24H20N6O2. The van der Waals surface area contributed by atoms with Gasteiger partial charge in [0.2, 0.25) is 12.3 Å². The van der Waals surface area contributed by atoms with Crippen LogP contribution in [-0.2, 0) is 6.42 Å². The van der Waals surface area contributed by atoms with Crippen LogP contribution in [0.3, 0.4) is 0 Å². The van der Waals surface area contributed by atoms with Gasteiger partial charge in [0.1, 0.15) is 11.9 Å². The summed E-state index contributed by atoms with van der Waals surface area (Å²) in [7, 11) is 0. The third-order valence-corrected chi connectivity index (χ3v) is 5.24. The van der Waals surface area contributed by atoms with E-state index in [9.17, 15) is 4.79 Å². The van der Waals surface area contributed by atoms with Crippen LogP contribution in [0.25, 0.3) is 22.4 Å².